The third kappa shape index (κ3) is 5.26. The van der Waals surface area contributed by atoms with Crippen molar-refractivity contribution in [3.05, 3.63) is 53.6 Å². The van der Waals surface area contributed by atoms with E-state index in [-0.39, 0.29) is 11.0 Å². The molecule has 3 aromatic heterocycles. The van der Waals surface area contributed by atoms with Gasteiger partial charge in [-0.15, -0.1) is 0 Å². The van der Waals surface area contributed by atoms with Gasteiger partial charge in [0, 0.05) is 30.3 Å². The zero-order valence-corrected chi connectivity index (χ0v) is 20.2. The molecule has 0 aromatic carbocycles. The smallest absolute Gasteiger partial charge is 0.229 e. The van der Waals surface area contributed by atoms with Crippen molar-refractivity contribution in [3.63, 3.8) is 0 Å². The minimum absolute atomic E-state index is 0.240. The Bertz CT molecular complexity index is 1130. The SMILES string of the molecule is CNCc1cccc(N2C[C@@](C)(COC(C)(C)C)c3cnc(Nc4cnnc(C)c4)nc32)n1. The van der Waals surface area contributed by atoms with Crippen molar-refractivity contribution in [1.29, 1.82) is 0 Å². The van der Waals surface area contributed by atoms with Crippen molar-refractivity contribution in [2.75, 3.05) is 30.4 Å². The standard InChI is InChI=1S/C24H32N8O/c1-16-10-18(12-27-31-16)29-22-26-13-19-21(30-22)32(14-24(19,5)15-33-23(2,3)4)20-9-7-8-17(28-20)11-25-6/h7-10,12-13,25H,11,14-15H2,1-6H3,(H,26,29,30,31)/t24-/m0/s1. The molecule has 0 saturated heterocycles. The molecule has 0 fully saturated rings. The molecule has 0 bridgehead atoms. The number of pyridine rings is 1. The van der Waals surface area contributed by atoms with Gasteiger partial charge in [-0.1, -0.05) is 13.0 Å². The summed E-state index contributed by atoms with van der Waals surface area (Å²) in [5, 5.41) is 14.4. The summed E-state index contributed by atoms with van der Waals surface area (Å²) in [5.74, 6) is 2.19. The number of anilines is 4. The molecule has 0 spiro atoms. The molecule has 1 aliphatic rings. The lowest BCUT2D eigenvalue weighted by molar-refractivity contribution is -0.0252. The maximum atomic E-state index is 6.22. The van der Waals surface area contributed by atoms with Crippen LogP contribution in [0.1, 0.15) is 44.6 Å². The highest BCUT2D eigenvalue weighted by molar-refractivity contribution is 5.68. The van der Waals surface area contributed by atoms with Crippen LogP contribution in [0.4, 0.5) is 23.3 Å². The summed E-state index contributed by atoms with van der Waals surface area (Å²) in [6, 6.07) is 7.97. The highest BCUT2D eigenvalue weighted by Gasteiger charge is 2.43. The second-order valence-corrected chi connectivity index (χ2v) is 9.71. The third-order valence-corrected chi connectivity index (χ3v) is 5.46. The quantitative estimate of drug-likeness (QED) is 0.561. The maximum Gasteiger partial charge on any atom is 0.229 e. The van der Waals surface area contributed by atoms with Crippen LogP contribution in [0.5, 0.6) is 0 Å². The molecule has 0 unspecified atom stereocenters. The van der Waals surface area contributed by atoms with E-state index in [0.717, 1.165) is 34.3 Å². The first-order valence-electron chi connectivity index (χ1n) is 11.1. The fourth-order valence-corrected chi connectivity index (χ4v) is 3.83. The van der Waals surface area contributed by atoms with E-state index < -0.39 is 0 Å². The van der Waals surface area contributed by atoms with Gasteiger partial charge >= 0.3 is 0 Å². The number of rotatable bonds is 7. The summed E-state index contributed by atoms with van der Waals surface area (Å²) >= 11 is 0. The van der Waals surface area contributed by atoms with Crippen LogP contribution in [0.25, 0.3) is 0 Å². The van der Waals surface area contributed by atoms with Crippen LogP contribution in [0.15, 0.2) is 36.7 Å². The number of fused-ring (bicyclic) bond motifs is 1. The average molecular weight is 449 g/mol. The van der Waals surface area contributed by atoms with Gasteiger partial charge in [0.1, 0.15) is 11.6 Å². The van der Waals surface area contributed by atoms with Crippen molar-refractivity contribution < 1.29 is 4.74 Å². The zero-order valence-electron chi connectivity index (χ0n) is 20.2. The Balaban J connectivity index is 1.72. The Morgan fingerprint density at radius 1 is 1.18 bits per heavy atom. The molecular formula is C24H32N8O. The van der Waals surface area contributed by atoms with Gasteiger partial charge in [0.2, 0.25) is 5.95 Å². The molecule has 33 heavy (non-hydrogen) atoms. The van der Waals surface area contributed by atoms with Gasteiger partial charge < -0.3 is 20.3 Å². The van der Waals surface area contributed by atoms with Crippen molar-refractivity contribution >= 4 is 23.3 Å². The predicted octanol–water partition coefficient (Wildman–Crippen LogP) is 3.66. The molecule has 9 nitrogen and oxygen atoms in total. The first-order chi connectivity index (χ1) is 15.7. The van der Waals surface area contributed by atoms with Gasteiger partial charge in [0.15, 0.2) is 0 Å². The van der Waals surface area contributed by atoms with E-state index in [2.05, 4.69) is 58.4 Å². The fraction of sp³-hybridized carbons (Fsp3) is 0.458. The van der Waals surface area contributed by atoms with Crippen LogP contribution in [0.3, 0.4) is 0 Å². The minimum atomic E-state index is -0.281. The fourth-order valence-electron chi connectivity index (χ4n) is 3.83. The lowest BCUT2D eigenvalue weighted by atomic mass is 9.87. The van der Waals surface area contributed by atoms with E-state index in [1.165, 1.54) is 0 Å². The van der Waals surface area contributed by atoms with Crippen LogP contribution >= 0.6 is 0 Å². The van der Waals surface area contributed by atoms with Crippen LogP contribution in [0.2, 0.25) is 0 Å². The second kappa shape index (κ2) is 8.99. The second-order valence-electron chi connectivity index (χ2n) is 9.71. The number of nitrogens with zero attached hydrogens (tertiary/aromatic N) is 6. The van der Waals surface area contributed by atoms with E-state index in [1.54, 1.807) is 6.20 Å². The summed E-state index contributed by atoms with van der Waals surface area (Å²) in [4.78, 5) is 16.5. The number of nitrogens with one attached hydrogen (secondary N) is 2. The highest BCUT2D eigenvalue weighted by atomic mass is 16.5. The van der Waals surface area contributed by atoms with Crippen LogP contribution < -0.4 is 15.5 Å². The van der Waals surface area contributed by atoms with Gasteiger partial charge in [-0.2, -0.15) is 15.2 Å². The Kier molecular flexibility index (Phi) is 6.27. The summed E-state index contributed by atoms with van der Waals surface area (Å²) in [6.45, 7) is 12.3. The summed E-state index contributed by atoms with van der Waals surface area (Å²) in [6.07, 6.45) is 3.56. The Morgan fingerprint density at radius 2 is 2.00 bits per heavy atom. The molecule has 4 heterocycles. The van der Waals surface area contributed by atoms with Crippen molar-refractivity contribution in [3.8, 4) is 0 Å². The number of ether oxygens (including phenoxy) is 1. The van der Waals surface area contributed by atoms with Gasteiger partial charge in [-0.3, -0.25) is 0 Å². The first-order valence-corrected chi connectivity index (χ1v) is 11.1. The van der Waals surface area contributed by atoms with Crippen LogP contribution in [-0.4, -0.2) is 50.9 Å². The summed E-state index contributed by atoms with van der Waals surface area (Å²) < 4.78 is 6.22. The molecule has 9 heteroatoms. The zero-order chi connectivity index (χ0) is 23.6. The molecule has 174 valence electrons. The van der Waals surface area contributed by atoms with E-state index in [9.17, 15) is 0 Å². The number of aromatic nitrogens is 5. The number of hydrogen-bond donors (Lipinski definition) is 2. The highest BCUT2D eigenvalue weighted by Crippen LogP contribution is 2.43. The molecule has 0 saturated carbocycles. The van der Waals surface area contributed by atoms with Crippen molar-refractivity contribution in [2.24, 2.45) is 0 Å². The van der Waals surface area contributed by atoms with Gasteiger partial charge in [-0.25, -0.2) is 9.97 Å². The Morgan fingerprint density at radius 3 is 2.73 bits per heavy atom. The number of hydrogen-bond acceptors (Lipinski definition) is 9. The van der Waals surface area contributed by atoms with Crippen LogP contribution in [0, 0.1) is 6.92 Å². The Hall–Kier alpha value is -3.17. The van der Waals surface area contributed by atoms with E-state index in [1.807, 2.05) is 44.4 Å². The molecule has 4 rings (SSSR count). The average Bonchev–Trinajstić information content (AvgIpc) is 3.05. The molecule has 0 aliphatic carbocycles. The Labute approximate surface area is 195 Å². The largest absolute Gasteiger partial charge is 0.375 e. The first kappa shape index (κ1) is 23.0. The number of aryl methyl sites for hydroxylation is 1. The molecule has 3 aromatic rings. The normalized spacial score (nSPS) is 17.8. The lowest BCUT2D eigenvalue weighted by Gasteiger charge is -2.30. The molecule has 2 N–H and O–H groups in total. The van der Waals surface area contributed by atoms with E-state index >= 15 is 0 Å². The summed E-state index contributed by atoms with van der Waals surface area (Å²) in [5.41, 5.74) is 3.11. The summed E-state index contributed by atoms with van der Waals surface area (Å²) in [7, 11) is 1.92. The predicted molar refractivity (Wildman–Crippen MR) is 129 cm³/mol. The lowest BCUT2D eigenvalue weighted by Crippen LogP contribution is -2.37. The molecule has 1 aliphatic heterocycles. The molecule has 0 amide bonds. The molecule has 1 atom stereocenters. The topological polar surface area (TPSA) is 101 Å². The van der Waals surface area contributed by atoms with Gasteiger partial charge in [0.25, 0.3) is 0 Å². The third-order valence-electron chi connectivity index (χ3n) is 5.46. The molecule has 0 radical (unpaired) electrons. The monoisotopic (exact) mass is 448 g/mol. The van der Waals surface area contributed by atoms with E-state index in [4.69, 9.17) is 14.7 Å². The van der Waals surface area contributed by atoms with Crippen molar-refractivity contribution in [1.82, 2.24) is 30.5 Å². The van der Waals surface area contributed by atoms with Gasteiger partial charge in [0.05, 0.1) is 35.5 Å². The van der Waals surface area contributed by atoms with E-state index in [0.29, 0.717) is 25.6 Å². The minimum Gasteiger partial charge on any atom is -0.375 e. The van der Waals surface area contributed by atoms with Crippen molar-refractivity contribution in [2.45, 2.75) is 52.2 Å². The van der Waals surface area contributed by atoms with Gasteiger partial charge in [-0.05, 0) is 52.9 Å². The maximum absolute atomic E-state index is 6.22. The van der Waals surface area contributed by atoms with Crippen LogP contribution in [-0.2, 0) is 16.7 Å². The molecular weight excluding hydrogens is 416 g/mol.